The van der Waals surface area contributed by atoms with Crippen LogP contribution in [0.25, 0.3) is 10.2 Å². The lowest BCUT2D eigenvalue weighted by atomic mass is 10.1. The number of fused-ring (bicyclic) bond motifs is 1. The summed E-state index contributed by atoms with van der Waals surface area (Å²) >= 11 is 1.58. The molecule has 3 rings (SSSR count). The van der Waals surface area contributed by atoms with Gasteiger partial charge >= 0.3 is 0 Å². The molecule has 27 heavy (non-hydrogen) atoms. The van der Waals surface area contributed by atoms with E-state index in [1.165, 1.54) is 5.56 Å². The summed E-state index contributed by atoms with van der Waals surface area (Å²) in [5, 5.41) is 5.19. The predicted octanol–water partition coefficient (Wildman–Crippen LogP) is 3.32. The minimum absolute atomic E-state index is 0.0106. The third-order valence-corrected chi connectivity index (χ3v) is 5.54. The molecule has 0 spiro atoms. The number of likely N-dealkylation sites (N-methyl/N-ethyl adjacent to an activating group) is 1. The summed E-state index contributed by atoms with van der Waals surface area (Å²) < 4.78 is 2.89. The highest BCUT2D eigenvalue weighted by molar-refractivity contribution is 7.22. The van der Waals surface area contributed by atoms with Gasteiger partial charge in [-0.1, -0.05) is 17.4 Å². The normalized spacial score (nSPS) is 11.5. The van der Waals surface area contributed by atoms with Gasteiger partial charge in [0.15, 0.2) is 5.13 Å². The van der Waals surface area contributed by atoms with Gasteiger partial charge in [0.25, 0.3) is 5.91 Å². The topological polar surface area (TPSA) is 54.3 Å². The number of aromatic nitrogens is 3. The second-order valence-corrected chi connectivity index (χ2v) is 8.37. The molecule has 0 saturated carbocycles. The van der Waals surface area contributed by atoms with Gasteiger partial charge in [-0.3, -0.25) is 14.4 Å². The van der Waals surface area contributed by atoms with Crippen molar-refractivity contribution in [1.29, 1.82) is 0 Å². The standard InChI is InChI=1S/C20H27N5OS/c1-13-9-14(2)19-17(10-13)27-20(21-19)24(8-7-23(5)6)18(26)12-25-16(4)11-15(3)22-25/h9-11H,7-8,12H2,1-6H3. The van der Waals surface area contributed by atoms with Crippen molar-refractivity contribution in [1.82, 2.24) is 19.7 Å². The number of benzene rings is 1. The van der Waals surface area contributed by atoms with Crippen LogP contribution in [0.15, 0.2) is 18.2 Å². The van der Waals surface area contributed by atoms with Crippen LogP contribution in [-0.2, 0) is 11.3 Å². The predicted molar refractivity (Wildman–Crippen MR) is 112 cm³/mol. The maximum atomic E-state index is 13.1. The van der Waals surface area contributed by atoms with Crippen LogP contribution in [0.2, 0.25) is 0 Å². The first-order valence-corrected chi connectivity index (χ1v) is 9.90. The van der Waals surface area contributed by atoms with E-state index in [9.17, 15) is 4.79 Å². The Morgan fingerprint density at radius 1 is 1.11 bits per heavy atom. The summed E-state index contributed by atoms with van der Waals surface area (Å²) in [4.78, 5) is 21.8. The number of aryl methyl sites for hydroxylation is 4. The molecule has 0 saturated heterocycles. The third-order valence-electron chi connectivity index (χ3n) is 4.51. The largest absolute Gasteiger partial charge is 0.308 e. The van der Waals surface area contributed by atoms with Gasteiger partial charge in [0.1, 0.15) is 6.54 Å². The van der Waals surface area contributed by atoms with Crippen LogP contribution < -0.4 is 4.90 Å². The van der Waals surface area contributed by atoms with E-state index in [4.69, 9.17) is 4.98 Å². The molecule has 0 aliphatic carbocycles. The molecule has 0 fully saturated rings. The number of nitrogens with zero attached hydrogens (tertiary/aromatic N) is 5. The molecule has 0 radical (unpaired) electrons. The van der Waals surface area contributed by atoms with Gasteiger partial charge in [0.2, 0.25) is 0 Å². The highest BCUT2D eigenvalue weighted by Crippen LogP contribution is 2.31. The highest BCUT2D eigenvalue weighted by Gasteiger charge is 2.21. The molecule has 1 aromatic carbocycles. The number of amides is 1. The number of hydrogen-bond acceptors (Lipinski definition) is 5. The zero-order valence-electron chi connectivity index (χ0n) is 16.9. The van der Waals surface area contributed by atoms with Crippen molar-refractivity contribution in [3.63, 3.8) is 0 Å². The highest BCUT2D eigenvalue weighted by atomic mass is 32.1. The summed E-state index contributed by atoms with van der Waals surface area (Å²) in [5.74, 6) is 0.0106. The lowest BCUT2D eigenvalue weighted by Gasteiger charge is -2.22. The minimum Gasteiger partial charge on any atom is -0.308 e. The summed E-state index contributed by atoms with van der Waals surface area (Å²) in [5.41, 5.74) is 5.25. The van der Waals surface area contributed by atoms with E-state index in [-0.39, 0.29) is 12.5 Å². The van der Waals surface area contributed by atoms with Crippen LogP contribution in [0.1, 0.15) is 22.5 Å². The molecule has 0 atom stereocenters. The van der Waals surface area contributed by atoms with E-state index in [1.54, 1.807) is 20.9 Å². The first-order valence-electron chi connectivity index (χ1n) is 9.08. The summed E-state index contributed by atoms with van der Waals surface area (Å²) in [7, 11) is 4.02. The number of thiazole rings is 1. The zero-order valence-corrected chi connectivity index (χ0v) is 17.7. The number of carbonyl (C=O) groups excluding carboxylic acids is 1. The Labute approximate surface area is 164 Å². The molecule has 0 N–H and O–H groups in total. The van der Waals surface area contributed by atoms with Crippen LogP contribution in [0, 0.1) is 27.7 Å². The van der Waals surface area contributed by atoms with Crippen molar-refractivity contribution >= 4 is 32.6 Å². The van der Waals surface area contributed by atoms with Crippen molar-refractivity contribution in [2.45, 2.75) is 34.2 Å². The zero-order chi connectivity index (χ0) is 19.7. The van der Waals surface area contributed by atoms with Gasteiger partial charge in [-0.2, -0.15) is 5.10 Å². The van der Waals surface area contributed by atoms with Crippen molar-refractivity contribution in [2.24, 2.45) is 0 Å². The van der Waals surface area contributed by atoms with E-state index >= 15 is 0 Å². The molecule has 2 heterocycles. The van der Waals surface area contributed by atoms with Gasteiger partial charge in [-0.05, 0) is 65.0 Å². The van der Waals surface area contributed by atoms with Crippen molar-refractivity contribution in [2.75, 3.05) is 32.1 Å². The fourth-order valence-corrected chi connectivity index (χ4v) is 4.33. The van der Waals surface area contributed by atoms with E-state index in [2.05, 4.69) is 36.0 Å². The molecule has 0 aliphatic rings. The second kappa shape index (κ2) is 7.78. The number of rotatable bonds is 6. The fourth-order valence-electron chi connectivity index (χ4n) is 3.15. The molecular formula is C20H27N5OS. The molecule has 3 aromatic rings. The summed E-state index contributed by atoms with van der Waals surface area (Å²) in [6, 6.07) is 6.26. The summed E-state index contributed by atoms with van der Waals surface area (Å²) in [6.45, 7) is 9.67. The Hall–Kier alpha value is -2.25. The van der Waals surface area contributed by atoms with Crippen LogP contribution in [-0.4, -0.2) is 52.8 Å². The average molecular weight is 386 g/mol. The Balaban J connectivity index is 1.94. The van der Waals surface area contributed by atoms with Crippen LogP contribution in [0.5, 0.6) is 0 Å². The first kappa shape index (κ1) is 19.5. The van der Waals surface area contributed by atoms with Gasteiger partial charge in [-0.15, -0.1) is 0 Å². The second-order valence-electron chi connectivity index (χ2n) is 7.36. The van der Waals surface area contributed by atoms with Crippen LogP contribution in [0.4, 0.5) is 5.13 Å². The average Bonchev–Trinajstić information content (AvgIpc) is 3.10. The maximum Gasteiger partial charge on any atom is 0.250 e. The van der Waals surface area contributed by atoms with E-state index in [0.29, 0.717) is 6.54 Å². The molecule has 1 amide bonds. The molecular weight excluding hydrogens is 358 g/mol. The van der Waals surface area contributed by atoms with Gasteiger partial charge in [-0.25, -0.2) is 4.98 Å². The fraction of sp³-hybridized carbons (Fsp3) is 0.450. The molecule has 0 bridgehead atoms. The molecule has 144 valence electrons. The van der Waals surface area contributed by atoms with E-state index in [0.717, 1.165) is 38.8 Å². The molecule has 0 aliphatic heterocycles. The SMILES string of the molecule is Cc1cc(C)c2nc(N(CCN(C)C)C(=O)Cn3nc(C)cc3C)sc2c1. The lowest BCUT2D eigenvalue weighted by molar-refractivity contribution is -0.119. The Morgan fingerprint density at radius 2 is 1.85 bits per heavy atom. The Bertz CT molecular complexity index is 972. The van der Waals surface area contributed by atoms with Gasteiger partial charge in [0.05, 0.1) is 15.9 Å². The van der Waals surface area contributed by atoms with E-state index in [1.807, 2.05) is 34.0 Å². The summed E-state index contributed by atoms with van der Waals surface area (Å²) in [6.07, 6.45) is 0. The Kier molecular flexibility index (Phi) is 5.62. The van der Waals surface area contributed by atoms with E-state index < -0.39 is 0 Å². The number of carbonyl (C=O) groups is 1. The van der Waals surface area contributed by atoms with Crippen LogP contribution in [0.3, 0.4) is 0 Å². The number of anilines is 1. The molecule has 0 unspecified atom stereocenters. The minimum atomic E-state index is 0.0106. The molecule has 6 nitrogen and oxygen atoms in total. The van der Waals surface area contributed by atoms with Crippen molar-refractivity contribution < 1.29 is 4.79 Å². The number of hydrogen-bond donors (Lipinski definition) is 0. The smallest absolute Gasteiger partial charge is 0.250 e. The monoisotopic (exact) mass is 385 g/mol. The quantitative estimate of drug-likeness (QED) is 0.653. The third kappa shape index (κ3) is 4.36. The molecule has 2 aromatic heterocycles. The maximum absolute atomic E-state index is 13.1. The lowest BCUT2D eigenvalue weighted by Crippen LogP contribution is -2.39. The van der Waals surface area contributed by atoms with Gasteiger partial charge in [0, 0.05) is 18.8 Å². The van der Waals surface area contributed by atoms with Crippen molar-refractivity contribution in [3.8, 4) is 0 Å². The van der Waals surface area contributed by atoms with Crippen molar-refractivity contribution in [3.05, 3.63) is 40.7 Å². The van der Waals surface area contributed by atoms with Crippen LogP contribution >= 0.6 is 11.3 Å². The first-order chi connectivity index (χ1) is 12.7. The van der Waals surface area contributed by atoms with Gasteiger partial charge < -0.3 is 4.90 Å². The molecule has 7 heteroatoms. The Morgan fingerprint density at radius 3 is 2.48 bits per heavy atom.